The number of aryl methyl sites for hydroxylation is 1. The monoisotopic (exact) mass is 482 g/mol. The van der Waals surface area contributed by atoms with Crippen molar-refractivity contribution in [3.8, 4) is 0 Å². The van der Waals surface area contributed by atoms with Gasteiger partial charge in [-0.3, -0.25) is 9.52 Å². The topological polar surface area (TPSA) is 91.4 Å². The summed E-state index contributed by atoms with van der Waals surface area (Å²) in [7, 11) is -4.08. The molecule has 0 bridgehead atoms. The average Bonchev–Trinajstić information content (AvgIpc) is 2.85. The number of carbonyl (C=O) groups is 1. The first kappa shape index (κ1) is 23.7. The summed E-state index contributed by atoms with van der Waals surface area (Å²) in [6.45, 7) is 4.00. The molecule has 0 saturated carbocycles. The quantitative estimate of drug-likeness (QED) is 0.525. The third-order valence-electron chi connectivity index (χ3n) is 5.82. The SMILES string of the molecule is Cc1ccc(S(=O)(=O)Nc2ccccc2F)cc1C(=O)NCc1ccc(N2CCCCC2)nc1. The predicted molar refractivity (Wildman–Crippen MR) is 130 cm³/mol. The van der Waals surface area contributed by atoms with Crippen LogP contribution >= 0.6 is 0 Å². The van der Waals surface area contributed by atoms with Gasteiger partial charge in [-0.1, -0.05) is 24.3 Å². The van der Waals surface area contributed by atoms with Crippen molar-refractivity contribution < 1.29 is 17.6 Å². The Kier molecular flexibility index (Phi) is 7.12. The van der Waals surface area contributed by atoms with E-state index in [1.54, 1.807) is 19.2 Å². The van der Waals surface area contributed by atoms with Crippen molar-refractivity contribution in [3.63, 3.8) is 0 Å². The minimum Gasteiger partial charge on any atom is -0.357 e. The number of halogens is 1. The van der Waals surface area contributed by atoms with E-state index in [1.165, 1.54) is 55.7 Å². The van der Waals surface area contributed by atoms with Crippen molar-refractivity contribution in [1.29, 1.82) is 0 Å². The van der Waals surface area contributed by atoms with Crippen LogP contribution in [0.2, 0.25) is 0 Å². The molecule has 9 heteroatoms. The van der Waals surface area contributed by atoms with Gasteiger partial charge in [0.2, 0.25) is 0 Å². The van der Waals surface area contributed by atoms with Crippen LogP contribution in [0.25, 0.3) is 0 Å². The molecule has 1 fully saturated rings. The third kappa shape index (κ3) is 5.53. The number of nitrogens with one attached hydrogen (secondary N) is 2. The number of hydrogen-bond acceptors (Lipinski definition) is 5. The van der Waals surface area contributed by atoms with Gasteiger partial charge >= 0.3 is 0 Å². The molecule has 0 unspecified atom stereocenters. The van der Waals surface area contributed by atoms with Gasteiger partial charge in [0.15, 0.2) is 0 Å². The van der Waals surface area contributed by atoms with Crippen LogP contribution in [0.3, 0.4) is 0 Å². The lowest BCUT2D eigenvalue weighted by molar-refractivity contribution is 0.0950. The van der Waals surface area contributed by atoms with Gasteiger partial charge in [0.05, 0.1) is 10.6 Å². The van der Waals surface area contributed by atoms with Crippen molar-refractivity contribution in [2.24, 2.45) is 0 Å². The number of benzene rings is 2. The number of carbonyl (C=O) groups excluding carboxylic acids is 1. The van der Waals surface area contributed by atoms with E-state index >= 15 is 0 Å². The predicted octanol–water partition coefficient (Wildman–Crippen LogP) is 4.25. The Morgan fingerprint density at radius 3 is 2.53 bits per heavy atom. The zero-order valence-corrected chi connectivity index (χ0v) is 19.7. The first-order valence-electron chi connectivity index (χ1n) is 11.2. The van der Waals surface area contributed by atoms with Crippen LogP contribution in [0, 0.1) is 12.7 Å². The van der Waals surface area contributed by atoms with Crippen molar-refractivity contribution >= 4 is 27.4 Å². The molecule has 7 nitrogen and oxygen atoms in total. The molecule has 0 spiro atoms. The molecule has 1 saturated heterocycles. The average molecular weight is 483 g/mol. The lowest BCUT2D eigenvalue weighted by atomic mass is 10.1. The molecule has 1 aliphatic rings. The van der Waals surface area contributed by atoms with Gasteiger partial charge in [-0.15, -0.1) is 0 Å². The second-order valence-corrected chi connectivity index (χ2v) is 10.00. The zero-order valence-electron chi connectivity index (χ0n) is 18.9. The van der Waals surface area contributed by atoms with Gasteiger partial charge in [0.25, 0.3) is 15.9 Å². The van der Waals surface area contributed by atoms with E-state index in [1.807, 2.05) is 12.1 Å². The summed E-state index contributed by atoms with van der Waals surface area (Å²) < 4.78 is 41.7. The van der Waals surface area contributed by atoms with Gasteiger partial charge in [-0.05, 0) is 67.6 Å². The maximum absolute atomic E-state index is 13.9. The summed E-state index contributed by atoms with van der Waals surface area (Å²) in [6.07, 6.45) is 5.34. The summed E-state index contributed by atoms with van der Waals surface area (Å²) in [5.41, 5.74) is 1.54. The number of hydrogen-bond donors (Lipinski definition) is 2. The molecule has 178 valence electrons. The molecular weight excluding hydrogens is 455 g/mol. The summed E-state index contributed by atoms with van der Waals surface area (Å²) in [4.78, 5) is 19.5. The number of nitrogens with zero attached hydrogens (tertiary/aromatic N) is 2. The first-order chi connectivity index (χ1) is 16.3. The van der Waals surface area contributed by atoms with Crippen LogP contribution in [0.5, 0.6) is 0 Å². The fourth-order valence-corrected chi connectivity index (χ4v) is 4.96. The number of para-hydroxylation sites is 1. The molecule has 1 aliphatic heterocycles. The van der Waals surface area contributed by atoms with Crippen LogP contribution in [0.4, 0.5) is 15.9 Å². The van der Waals surface area contributed by atoms with Gasteiger partial charge < -0.3 is 10.2 Å². The second kappa shape index (κ2) is 10.2. The lowest BCUT2D eigenvalue weighted by Crippen LogP contribution is -2.30. The van der Waals surface area contributed by atoms with Crippen LogP contribution in [-0.2, 0) is 16.6 Å². The highest BCUT2D eigenvalue weighted by atomic mass is 32.2. The molecule has 2 N–H and O–H groups in total. The summed E-state index contributed by atoms with van der Waals surface area (Å²) in [6, 6.07) is 13.6. The van der Waals surface area contributed by atoms with Crippen LogP contribution in [0.1, 0.15) is 40.7 Å². The largest absolute Gasteiger partial charge is 0.357 e. The minimum atomic E-state index is -4.08. The number of aromatic nitrogens is 1. The minimum absolute atomic E-state index is 0.126. The van der Waals surface area contributed by atoms with Gasteiger partial charge in [0, 0.05) is 31.4 Å². The number of anilines is 2. The summed E-state index contributed by atoms with van der Waals surface area (Å²) >= 11 is 0. The Morgan fingerprint density at radius 2 is 1.82 bits per heavy atom. The Morgan fingerprint density at radius 1 is 1.06 bits per heavy atom. The van der Waals surface area contributed by atoms with Crippen LogP contribution < -0.4 is 14.9 Å². The molecule has 1 amide bonds. The Bertz CT molecular complexity index is 1270. The first-order valence-corrected chi connectivity index (χ1v) is 12.7. The molecule has 4 rings (SSSR count). The van der Waals surface area contributed by atoms with E-state index in [4.69, 9.17) is 0 Å². The number of pyridine rings is 1. The van der Waals surface area contributed by atoms with E-state index in [-0.39, 0.29) is 22.7 Å². The van der Waals surface area contributed by atoms with E-state index in [0.29, 0.717) is 5.56 Å². The molecule has 2 aromatic carbocycles. The highest BCUT2D eigenvalue weighted by molar-refractivity contribution is 7.92. The molecule has 3 aromatic rings. The standard InChI is InChI=1S/C25H27FN4O3S/c1-18-9-11-20(34(32,33)29-23-8-4-3-7-22(23)26)15-21(18)25(31)28-17-19-10-12-24(27-16-19)30-13-5-2-6-14-30/h3-4,7-12,15-16,29H,2,5-6,13-14,17H2,1H3,(H,28,31). The van der Waals surface area contributed by atoms with Gasteiger partial charge in [-0.25, -0.2) is 17.8 Å². The van der Waals surface area contributed by atoms with Gasteiger partial charge in [0.1, 0.15) is 11.6 Å². The fraction of sp³-hybridized carbons (Fsp3) is 0.280. The van der Waals surface area contributed by atoms with E-state index < -0.39 is 21.7 Å². The summed E-state index contributed by atoms with van der Waals surface area (Å²) in [5, 5.41) is 2.82. The van der Waals surface area contributed by atoms with Crippen molar-refractivity contribution in [2.45, 2.75) is 37.6 Å². The number of sulfonamides is 1. The molecule has 2 heterocycles. The van der Waals surface area contributed by atoms with Crippen LogP contribution in [0.15, 0.2) is 65.7 Å². The zero-order chi connectivity index (χ0) is 24.1. The number of piperidine rings is 1. The maximum Gasteiger partial charge on any atom is 0.262 e. The Hall–Kier alpha value is -3.46. The number of amides is 1. The molecule has 1 aromatic heterocycles. The number of rotatable bonds is 7. The fourth-order valence-electron chi connectivity index (χ4n) is 3.87. The van der Waals surface area contributed by atoms with Gasteiger partial charge in [-0.2, -0.15) is 0 Å². The molecule has 0 atom stereocenters. The normalized spacial score (nSPS) is 14.0. The van der Waals surface area contributed by atoms with E-state index in [2.05, 4.69) is 19.9 Å². The molecule has 34 heavy (non-hydrogen) atoms. The second-order valence-electron chi connectivity index (χ2n) is 8.32. The highest BCUT2D eigenvalue weighted by Gasteiger charge is 2.19. The third-order valence-corrected chi connectivity index (χ3v) is 7.19. The Labute approximate surface area is 199 Å². The lowest BCUT2D eigenvalue weighted by Gasteiger charge is -2.27. The van der Waals surface area contributed by atoms with Crippen molar-refractivity contribution in [3.05, 3.63) is 83.3 Å². The molecule has 0 radical (unpaired) electrons. The van der Waals surface area contributed by atoms with E-state index in [9.17, 15) is 17.6 Å². The summed E-state index contributed by atoms with van der Waals surface area (Å²) in [5.74, 6) is -0.150. The highest BCUT2D eigenvalue weighted by Crippen LogP contribution is 2.22. The van der Waals surface area contributed by atoms with Crippen molar-refractivity contribution in [2.75, 3.05) is 22.7 Å². The Balaban J connectivity index is 1.44. The smallest absolute Gasteiger partial charge is 0.262 e. The van der Waals surface area contributed by atoms with Crippen molar-refractivity contribution in [1.82, 2.24) is 10.3 Å². The molecule has 0 aliphatic carbocycles. The maximum atomic E-state index is 13.9. The van der Waals surface area contributed by atoms with E-state index in [0.717, 1.165) is 24.5 Å². The van der Waals surface area contributed by atoms with Crippen LogP contribution in [-0.4, -0.2) is 32.4 Å². The molecular formula is C25H27FN4O3S.